The number of anilines is 2. The zero-order valence-electron chi connectivity index (χ0n) is 17.3. The van der Waals surface area contributed by atoms with Gasteiger partial charge in [0.1, 0.15) is 0 Å². The average molecular weight is 408 g/mol. The molecule has 2 aromatic rings. The number of hydrogen-bond donors (Lipinski definition) is 0. The lowest BCUT2D eigenvalue weighted by Crippen LogP contribution is -2.48. The van der Waals surface area contributed by atoms with Gasteiger partial charge in [0.15, 0.2) is 0 Å². The van der Waals surface area contributed by atoms with Crippen molar-refractivity contribution < 1.29 is 13.2 Å². The van der Waals surface area contributed by atoms with Crippen molar-refractivity contribution >= 4 is 11.6 Å². The number of nitrogens with zero attached hydrogens (tertiary/aromatic N) is 4. The van der Waals surface area contributed by atoms with Crippen LogP contribution in [0.1, 0.15) is 44.0 Å². The van der Waals surface area contributed by atoms with Gasteiger partial charge in [0.05, 0.1) is 18.9 Å². The van der Waals surface area contributed by atoms with Gasteiger partial charge < -0.3 is 0 Å². The topological polar surface area (TPSA) is 41.4 Å². The van der Waals surface area contributed by atoms with E-state index in [2.05, 4.69) is 23.7 Å². The molecule has 0 atom stereocenters. The second kappa shape index (κ2) is 8.18. The number of aromatic nitrogens is 2. The van der Waals surface area contributed by atoms with Crippen molar-refractivity contribution in [1.82, 2.24) is 14.5 Å². The molecule has 5 nitrogen and oxygen atoms in total. The van der Waals surface area contributed by atoms with Crippen molar-refractivity contribution in [3.05, 3.63) is 51.4 Å². The van der Waals surface area contributed by atoms with Gasteiger partial charge in [-0.2, -0.15) is 13.2 Å². The molecular formula is C21H27F3N4O. The smallest absolute Gasteiger partial charge is 0.298 e. The highest BCUT2D eigenvalue weighted by atomic mass is 19.4. The number of aryl methyl sites for hydroxylation is 1. The first-order valence-electron chi connectivity index (χ1n) is 9.89. The molecule has 1 aromatic carbocycles. The third-order valence-electron chi connectivity index (χ3n) is 5.23. The van der Waals surface area contributed by atoms with Crippen LogP contribution in [0.25, 0.3) is 0 Å². The maximum atomic E-state index is 13.2. The quantitative estimate of drug-likeness (QED) is 0.728. The molecule has 0 spiro atoms. The lowest BCUT2D eigenvalue weighted by atomic mass is 10.1. The molecular weight excluding hydrogens is 381 g/mol. The minimum Gasteiger partial charge on any atom is -0.298 e. The highest BCUT2D eigenvalue weighted by Crippen LogP contribution is 2.34. The highest BCUT2D eigenvalue weighted by Gasteiger charge is 2.32. The van der Waals surface area contributed by atoms with E-state index in [9.17, 15) is 18.0 Å². The molecule has 1 aromatic heterocycles. The molecule has 0 bridgehead atoms. The van der Waals surface area contributed by atoms with Gasteiger partial charge in [0, 0.05) is 23.5 Å². The van der Waals surface area contributed by atoms with Crippen LogP contribution in [0.3, 0.4) is 0 Å². The van der Waals surface area contributed by atoms with E-state index in [-0.39, 0.29) is 5.56 Å². The van der Waals surface area contributed by atoms with E-state index in [1.165, 1.54) is 6.07 Å². The first kappa shape index (κ1) is 21.4. The fraction of sp³-hybridized carbons (Fsp3) is 0.524. The van der Waals surface area contributed by atoms with Crippen LogP contribution in [-0.4, -0.2) is 27.7 Å². The first-order valence-corrected chi connectivity index (χ1v) is 9.89. The van der Waals surface area contributed by atoms with Gasteiger partial charge in [0.2, 0.25) is 5.95 Å². The monoisotopic (exact) mass is 408 g/mol. The molecule has 0 radical (unpaired) electrons. The molecule has 0 N–H and O–H groups in total. The summed E-state index contributed by atoms with van der Waals surface area (Å²) in [4.78, 5) is 21.4. The Hall–Kier alpha value is -2.35. The fourth-order valence-electron chi connectivity index (χ4n) is 3.56. The standard InChI is InChI=1S/C21H27F3N4O/c1-5-18-15(4)25-20-27(17-8-6-7-16(11-17)21(22,23)24)12-26(10-9-14(2)3)13-28(20)19(18)29/h6-8,11,14H,5,9-10,12-13H2,1-4H3. The Morgan fingerprint density at radius 1 is 1.21 bits per heavy atom. The van der Waals surface area contributed by atoms with Crippen LogP contribution in [0.15, 0.2) is 29.1 Å². The maximum Gasteiger partial charge on any atom is 0.416 e. The van der Waals surface area contributed by atoms with Crippen molar-refractivity contribution in [3.63, 3.8) is 0 Å². The third-order valence-corrected chi connectivity index (χ3v) is 5.23. The lowest BCUT2D eigenvalue weighted by Gasteiger charge is -2.38. The zero-order chi connectivity index (χ0) is 21.3. The Labute approximate surface area is 168 Å². The Morgan fingerprint density at radius 3 is 2.55 bits per heavy atom. The summed E-state index contributed by atoms with van der Waals surface area (Å²) in [5.74, 6) is 0.877. The van der Waals surface area contributed by atoms with E-state index in [4.69, 9.17) is 0 Å². The molecule has 1 aliphatic rings. The maximum absolute atomic E-state index is 13.2. The predicted molar refractivity (Wildman–Crippen MR) is 107 cm³/mol. The Morgan fingerprint density at radius 2 is 1.93 bits per heavy atom. The molecule has 158 valence electrons. The molecule has 8 heteroatoms. The van der Waals surface area contributed by atoms with Crippen molar-refractivity contribution in [3.8, 4) is 0 Å². The summed E-state index contributed by atoms with van der Waals surface area (Å²) in [6, 6.07) is 5.18. The van der Waals surface area contributed by atoms with Crippen molar-refractivity contribution in [2.24, 2.45) is 5.92 Å². The van der Waals surface area contributed by atoms with E-state index in [1.54, 1.807) is 22.5 Å². The van der Waals surface area contributed by atoms with Crippen LogP contribution in [0.4, 0.5) is 24.8 Å². The number of fused-ring (bicyclic) bond motifs is 1. The van der Waals surface area contributed by atoms with Gasteiger partial charge in [-0.3, -0.25) is 19.2 Å². The second-order valence-corrected chi connectivity index (χ2v) is 7.90. The SMILES string of the molecule is CCc1c(C)nc2n(c1=O)CN(CCC(C)C)CN2c1cccc(C(F)(F)F)c1. The number of halogens is 3. The normalized spacial score (nSPS) is 15.1. The third kappa shape index (κ3) is 4.47. The molecule has 0 aliphatic carbocycles. The molecule has 0 saturated carbocycles. The van der Waals surface area contributed by atoms with Crippen molar-refractivity contribution in [1.29, 1.82) is 0 Å². The average Bonchev–Trinajstić information content (AvgIpc) is 2.66. The van der Waals surface area contributed by atoms with E-state index in [0.29, 0.717) is 48.6 Å². The molecule has 0 saturated heterocycles. The highest BCUT2D eigenvalue weighted by molar-refractivity contribution is 5.59. The number of hydrogen-bond acceptors (Lipinski definition) is 4. The van der Waals surface area contributed by atoms with E-state index < -0.39 is 11.7 Å². The molecule has 0 amide bonds. The van der Waals surface area contributed by atoms with Gasteiger partial charge in [-0.05, 0) is 43.9 Å². The summed E-state index contributed by atoms with van der Waals surface area (Å²) in [5.41, 5.74) is 0.796. The van der Waals surface area contributed by atoms with Gasteiger partial charge in [-0.25, -0.2) is 4.98 Å². The molecule has 29 heavy (non-hydrogen) atoms. The minimum atomic E-state index is -4.43. The second-order valence-electron chi connectivity index (χ2n) is 7.90. The van der Waals surface area contributed by atoms with Crippen LogP contribution in [0, 0.1) is 12.8 Å². The molecule has 0 fully saturated rings. The van der Waals surface area contributed by atoms with E-state index in [0.717, 1.165) is 25.1 Å². The molecule has 3 rings (SSSR count). The Kier molecular flexibility index (Phi) is 6.03. The largest absolute Gasteiger partial charge is 0.416 e. The molecule has 1 aliphatic heterocycles. The first-order chi connectivity index (χ1) is 13.6. The summed E-state index contributed by atoms with van der Waals surface area (Å²) < 4.78 is 41.3. The number of alkyl halides is 3. The van der Waals surface area contributed by atoms with Gasteiger partial charge in [-0.1, -0.05) is 26.8 Å². The van der Waals surface area contributed by atoms with Crippen LogP contribution < -0.4 is 10.5 Å². The Bertz CT molecular complexity index is 936. The van der Waals surface area contributed by atoms with Crippen LogP contribution in [0.5, 0.6) is 0 Å². The zero-order valence-corrected chi connectivity index (χ0v) is 17.3. The predicted octanol–water partition coefficient (Wildman–Crippen LogP) is 4.55. The van der Waals surface area contributed by atoms with Gasteiger partial charge in [-0.15, -0.1) is 0 Å². The van der Waals surface area contributed by atoms with Crippen LogP contribution in [-0.2, 0) is 19.3 Å². The molecule has 0 unspecified atom stereocenters. The molecule has 2 heterocycles. The van der Waals surface area contributed by atoms with E-state index in [1.807, 2.05) is 6.92 Å². The van der Waals surface area contributed by atoms with Crippen LogP contribution in [0.2, 0.25) is 0 Å². The summed E-state index contributed by atoms with van der Waals surface area (Å²) in [7, 11) is 0. The summed E-state index contributed by atoms with van der Waals surface area (Å²) in [5, 5.41) is 0. The van der Waals surface area contributed by atoms with E-state index >= 15 is 0 Å². The minimum absolute atomic E-state index is 0.124. The number of benzene rings is 1. The van der Waals surface area contributed by atoms with Crippen molar-refractivity contribution in [2.75, 3.05) is 18.1 Å². The lowest BCUT2D eigenvalue weighted by molar-refractivity contribution is -0.137. The van der Waals surface area contributed by atoms with Gasteiger partial charge in [0.25, 0.3) is 5.56 Å². The van der Waals surface area contributed by atoms with Crippen LogP contribution >= 0.6 is 0 Å². The summed E-state index contributed by atoms with van der Waals surface area (Å²) >= 11 is 0. The number of rotatable bonds is 5. The fourth-order valence-corrected chi connectivity index (χ4v) is 3.56. The summed E-state index contributed by atoms with van der Waals surface area (Å²) in [6.07, 6.45) is -2.94. The summed E-state index contributed by atoms with van der Waals surface area (Å²) in [6.45, 7) is 9.43. The van der Waals surface area contributed by atoms with Crippen molar-refractivity contribution in [2.45, 2.75) is 53.4 Å². The Balaban J connectivity index is 2.10. The van der Waals surface area contributed by atoms with Gasteiger partial charge >= 0.3 is 6.18 Å².